The maximum Gasteiger partial charge on any atom is 0.265 e. The Morgan fingerprint density at radius 2 is 1.73 bits per heavy atom. The number of nitrogens with one attached hydrogen (secondary N) is 2. The molecule has 0 saturated heterocycles. The van der Waals surface area contributed by atoms with Gasteiger partial charge in [-0.2, -0.15) is 5.10 Å². The van der Waals surface area contributed by atoms with E-state index in [0.717, 1.165) is 11.1 Å². The Balaban J connectivity index is 1.38. The van der Waals surface area contributed by atoms with Gasteiger partial charge in [0, 0.05) is 6.54 Å². The second-order valence-electron chi connectivity index (χ2n) is 6.57. The zero-order chi connectivity index (χ0) is 20.8. The first-order valence-electron chi connectivity index (χ1n) is 9.31. The number of carbonyl (C=O) groups is 2. The Bertz CT molecular complexity index is 1120. The van der Waals surface area contributed by atoms with Crippen LogP contribution in [0.2, 0.25) is 0 Å². The third kappa shape index (κ3) is 4.79. The molecular formula is C22H19N5O2S. The fourth-order valence-electron chi connectivity index (χ4n) is 2.92. The average molecular weight is 417 g/mol. The fraction of sp³-hybridized carbons (Fsp3) is 0.0909. The van der Waals surface area contributed by atoms with Gasteiger partial charge in [0.05, 0.1) is 22.7 Å². The highest BCUT2D eigenvalue weighted by atomic mass is 32.1. The molecule has 0 radical (unpaired) electrons. The summed E-state index contributed by atoms with van der Waals surface area (Å²) >= 11 is 1.35. The van der Waals surface area contributed by atoms with Gasteiger partial charge in [-0.15, -0.1) is 11.3 Å². The van der Waals surface area contributed by atoms with E-state index in [1.165, 1.54) is 17.7 Å². The average Bonchev–Trinajstić information content (AvgIpc) is 3.48. The van der Waals surface area contributed by atoms with Crippen LogP contribution in [0.4, 0.5) is 5.69 Å². The summed E-state index contributed by atoms with van der Waals surface area (Å²) in [6.45, 7) is 1.03. The number of carbonyl (C=O) groups excluding carboxylic acids is 2. The van der Waals surface area contributed by atoms with Crippen LogP contribution in [0.25, 0.3) is 0 Å². The Hall–Kier alpha value is -3.78. The minimum atomic E-state index is -0.247. The van der Waals surface area contributed by atoms with Crippen molar-refractivity contribution in [3.8, 4) is 0 Å². The number of benzene rings is 2. The zero-order valence-corrected chi connectivity index (χ0v) is 16.8. The van der Waals surface area contributed by atoms with E-state index in [0.29, 0.717) is 29.2 Å². The summed E-state index contributed by atoms with van der Waals surface area (Å²) in [4.78, 5) is 29.6. The van der Waals surface area contributed by atoms with E-state index >= 15 is 0 Å². The molecule has 8 heteroatoms. The summed E-state index contributed by atoms with van der Waals surface area (Å²) in [5, 5.41) is 11.7. The van der Waals surface area contributed by atoms with Gasteiger partial charge < -0.3 is 10.6 Å². The predicted molar refractivity (Wildman–Crippen MR) is 115 cm³/mol. The number of thiophene rings is 1. The summed E-state index contributed by atoms with van der Waals surface area (Å²) in [6.07, 6.45) is 3.17. The van der Waals surface area contributed by atoms with Crippen molar-refractivity contribution in [1.29, 1.82) is 0 Å². The van der Waals surface area contributed by atoms with Crippen molar-refractivity contribution in [2.24, 2.45) is 0 Å². The number of nitrogens with zero attached hydrogens (tertiary/aromatic N) is 3. The van der Waals surface area contributed by atoms with Crippen LogP contribution in [0.5, 0.6) is 0 Å². The van der Waals surface area contributed by atoms with Crippen LogP contribution >= 0.6 is 11.3 Å². The molecule has 0 unspecified atom stereocenters. The molecule has 0 aliphatic carbocycles. The molecule has 7 nitrogen and oxygen atoms in total. The van der Waals surface area contributed by atoms with E-state index in [-0.39, 0.29) is 11.8 Å². The van der Waals surface area contributed by atoms with Crippen molar-refractivity contribution in [2.45, 2.75) is 13.1 Å². The molecular weight excluding hydrogens is 398 g/mol. The van der Waals surface area contributed by atoms with Crippen LogP contribution in [0.3, 0.4) is 0 Å². The molecule has 0 bridgehead atoms. The second-order valence-corrected chi connectivity index (χ2v) is 7.52. The predicted octanol–water partition coefficient (Wildman–Crippen LogP) is 3.57. The van der Waals surface area contributed by atoms with Crippen LogP contribution in [-0.2, 0) is 13.1 Å². The molecule has 0 atom stereocenters. The third-order valence-corrected chi connectivity index (χ3v) is 5.32. The third-order valence-electron chi connectivity index (χ3n) is 4.45. The molecule has 0 aliphatic heterocycles. The molecule has 0 fully saturated rings. The summed E-state index contributed by atoms with van der Waals surface area (Å²) in [5.74, 6) is -0.475. The molecule has 2 amide bonds. The van der Waals surface area contributed by atoms with Crippen molar-refractivity contribution in [1.82, 2.24) is 20.1 Å². The maximum absolute atomic E-state index is 12.7. The molecule has 2 N–H and O–H groups in total. The van der Waals surface area contributed by atoms with Crippen LogP contribution in [0, 0.1) is 0 Å². The summed E-state index contributed by atoms with van der Waals surface area (Å²) in [6, 6.07) is 18.5. The summed E-state index contributed by atoms with van der Waals surface area (Å²) in [7, 11) is 0. The van der Waals surface area contributed by atoms with E-state index in [1.807, 2.05) is 35.7 Å². The Morgan fingerprint density at radius 3 is 2.47 bits per heavy atom. The summed E-state index contributed by atoms with van der Waals surface area (Å²) in [5.41, 5.74) is 2.98. The van der Waals surface area contributed by atoms with Crippen molar-refractivity contribution < 1.29 is 9.59 Å². The van der Waals surface area contributed by atoms with E-state index in [9.17, 15) is 9.59 Å². The molecule has 4 aromatic rings. The highest BCUT2D eigenvalue weighted by Gasteiger charge is 2.14. The van der Waals surface area contributed by atoms with Gasteiger partial charge in [-0.1, -0.05) is 42.5 Å². The number of amides is 2. The van der Waals surface area contributed by atoms with Gasteiger partial charge >= 0.3 is 0 Å². The molecule has 4 rings (SSSR count). The molecule has 2 heterocycles. The Kier molecular flexibility index (Phi) is 5.95. The van der Waals surface area contributed by atoms with Crippen LogP contribution in [0.15, 0.2) is 78.7 Å². The zero-order valence-electron chi connectivity index (χ0n) is 16.0. The number of para-hydroxylation sites is 1. The molecule has 0 saturated carbocycles. The number of aromatic nitrogens is 3. The molecule has 2 aromatic carbocycles. The van der Waals surface area contributed by atoms with Crippen LogP contribution in [0.1, 0.15) is 31.2 Å². The quantitative estimate of drug-likeness (QED) is 0.481. The first-order valence-corrected chi connectivity index (χ1v) is 10.2. The van der Waals surface area contributed by atoms with Gasteiger partial charge in [-0.25, -0.2) is 9.67 Å². The van der Waals surface area contributed by atoms with Crippen molar-refractivity contribution >= 4 is 28.8 Å². The highest BCUT2D eigenvalue weighted by Crippen LogP contribution is 2.18. The monoisotopic (exact) mass is 417 g/mol. The lowest BCUT2D eigenvalue weighted by Gasteiger charge is -2.11. The normalized spacial score (nSPS) is 10.5. The van der Waals surface area contributed by atoms with Crippen LogP contribution in [-0.4, -0.2) is 26.6 Å². The van der Waals surface area contributed by atoms with Gasteiger partial charge in [-0.3, -0.25) is 9.59 Å². The van der Waals surface area contributed by atoms with Gasteiger partial charge in [0.15, 0.2) is 0 Å². The number of hydrogen-bond donors (Lipinski definition) is 2. The Labute approximate surface area is 177 Å². The molecule has 150 valence electrons. The van der Waals surface area contributed by atoms with E-state index in [4.69, 9.17) is 0 Å². The number of hydrogen-bond acceptors (Lipinski definition) is 5. The largest absolute Gasteiger partial charge is 0.348 e. The molecule has 2 aromatic heterocycles. The summed E-state index contributed by atoms with van der Waals surface area (Å²) < 4.78 is 1.75. The lowest BCUT2D eigenvalue weighted by atomic mass is 10.1. The van der Waals surface area contributed by atoms with Gasteiger partial charge in [0.25, 0.3) is 11.8 Å². The van der Waals surface area contributed by atoms with E-state index in [2.05, 4.69) is 20.7 Å². The van der Waals surface area contributed by atoms with E-state index < -0.39 is 0 Å². The number of rotatable bonds is 7. The minimum Gasteiger partial charge on any atom is -0.348 e. The van der Waals surface area contributed by atoms with E-state index in [1.54, 1.807) is 41.3 Å². The lowest BCUT2D eigenvalue weighted by Crippen LogP contribution is -2.24. The standard InChI is InChI=1S/C22H19N5O2S/c28-21(18-4-1-2-5-19(18)26-22(29)20-6-3-11-30-20)24-12-16-7-9-17(10-8-16)13-27-15-23-14-25-27/h1-11,14-15H,12-13H2,(H,24,28)(H,26,29). The van der Waals surface area contributed by atoms with Crippen molar-refractivity contribution in [2.75, 3.05) is 5.32 Å². The molecule has 0 spiro atoms. The maximum atomic E-state index is 12.7. The first-order chi connectivity index (χ1) is 14.7. The lowest BCUT2D eigenvalue weighted by molar-refractivity contribution is 0.0952. The fourth-order valence-corrected chi connectivity index (χ4v) is 3.54. The molecule has 0 aliphatic rings. The first kappa shape index (κ1) is 19.5. The second kappa shape index (κ2) is 9.15. The van der Waals surface area contributed by atoms with Gasteiger partial charge in [0.2, 0.25) is 0 Å². The Morgan fingerprint density at radius 1 is 0.933 bits per heavy atom. The topological polar surface area (TPSA) is 88.9 Å². The highest BCUT2D eigenvalue weighted by molar-refractivity contribution is 7.12. The van der Waals surface area contributed by atoms with Gasteiger partial charge in [-0.05, 0) is 34.7 Å². The van der Waals surface area contributed by atoms with Crippen molar-refractivity contribution in [3.63, 3.8) is 0 Å². The molecule has 30 heavy (non-hydrogen) atoms. The van der Waals surface area contributed by atoms with Gasteiger partial charge in [0.1, 0.15) is 12.7 Å². The minimum absolute atomic E-state index is 0.228. The van der Waals surface area contributed by atoms with Crippen LogP contribution < -0.4 is 10.6 Å². The van der Waals surface area contributed by atoms with Crippen molar-refractivity contribution in [3.05, 3.63) is 100 Å². The number of anilines is 1. The smallest absolute Gasteiger partial charge is 0.265 e. The SMILES string of the molecule is O=C(Nc1ccccc1C(=O)NCc1ccc(Cn2cncn2)cc1)c1cccs1.